The number of unbranched alkanes of at least 4 members (excludes halogenated alkanes) is 48. The number of hydrogen-bond donors (Lipinski definition) is 8. The summed E-state index contributed by atoms with van der Waals surface area (Å²) in [6, 6.07) is -1.18. The molecule has 0 bridgehead atoms. The summed E-state index contributed by atoms with van der Waals surface area (Å²) in [4.78, 5) is 13.2. The fourth-order valence-electron chi connectivity index (χ4n) is 11.7. The van der Waals surface area contributed by atoms with E-state index in [1.165, 1.54) is 276 Å². The number of carbonyl (C=O) groups excluding carboxylic acids is 1. The van der Waals surface area contributed by atoms with Crippen LogP contribution in [-0.4, -0.2) is 110 Å². The normalized spacial score (nSPS) is 19.2. The average molecular weight is 1140 g/mol. The Morgan fingerprint density at radius 2 is 0.738 bits per heavy atom. The topological polar surface area (TPSA) is 189 Å². The molecule has 0 spiro atoms. The third kappa shape index (κ3) is 45.2. The van der Waals surface area contributed by atoms with E-state index in [4.69, 9.17) is 9.47 Å². The first-order valence-electron chi connectivity index (χ1n) is 35.1. The van der Waals surface area contributed by atoms with Crippen LogP contribution >= 0.6 is 0 Å². The Kier molecular flexibility index (Phi) is 56.0. The summed E-state index contributed by atoms with van der Waals surface area (Å²) in [6.45, 7) is 3.48. The summed E-state index contributed by atoms with van der Waals surface area (Å²) >= 11 is 0. The maximum absolute atomic E-state index is 13.2. The van der Waals surface area contributed by atoms with Gasteiger partial charge in [-0.05, 0) is 38.5 Å². The molecule has 1 amide bonds. The fraction of sp³-hybridized carbons (Fsp3) is 0.957. The van der Waals surface area contributed by atoms with Gasteiger partial charge in [-0.2, -0.15) is 0 Å². The van der Waals surface area contributed by atoms with Crippen molar-refractivity contribution < 1.29 is 50.0 Å². The van der Waals surface area contributed by atoms with Crippen molar-refractivity contribution in [1.82, 2.24) is 5.32 Å². The van der Waals surface area contributed by atoms with E-state index in [-0.39, 0.29) is 12.8 Å². The first kappa shape index (κ1) is 76.9. The number of allylic oxidation sites excluding steroid dienone is 2. The van der Waals surface area contributed by atoms with Gasteiger partial charge in [-0.25, -0.2) is 0 Å². The van der Waals surface area contributed by atoms with E-state index in [9.17, 15) is 40.5 Å². The highest BCUT2D eigenvalue weighted by atomic mass is 16.7. The van der Waals surface area contributed by atoms with Crippen LogP contribution in [0.2, 0.25) is 0 Å². The Bertz CT molecular complexity index is 1310. The molecule has 0 aromatic carbocycles. The summed E-state index contributed by atoms with van der Waals surface area (Å²) < 4.78 is 11.2. The van der Waals surface area contributed by atoms with E-state index >= 15 is 0 Å². The smallest absolute Gasteiger partial charge is 0.249 e. The van der Waals surface area contributed by atoms with Gasteiger partial charge in [0, 0.05) is 0 Å². The Labute approximate surface area is 493 Å². The molecule has 8 N–H and O–H groups in total. The third-order valence-corrected chi connectivity index (χ3v) is 17.3. The van der Waals surface area contributed by atoms with Gasteiger partial charge in [0.15, 0.2) is 6.29 Å². The van der Waals surface area contributed by atoms with Gasteiger partial charge in [0.1, 0.15) is 36.6 Å². The molecule has 0 aromatic heterocycles. The number of nitrogens with one attached hydrogen (secondary N) is 1. The van der Waals surface area contributed by atoms with Gasteiger partial charge in [-0.15, -0.1) is 0 Å². The Morgan fingerprint density at radius 3 is 1.07 bits per heavy atom. The van der Waals surface area contributed by atoms with Gasteiger partial charge < -0.3 is 50.5 Å². The van der Waals surface area contributed by atoms with Gasteiger partial charge in [-0.1, -0.05) is 328 Å². The van der Waals surface area contributed by atoms with Crippen LogP contribution in [0.3, 0.4) is 0 Å². The Balaban J connectivity index is 2.09. The van der Waals surface area contributed by atoms with E-state index in [1.807, 2.05) is 0 Å². The molecule has 1 aliphatic rings. The summed E-state index contributed by atoms with van der Waals surface area (Å²) in [5, 5.41) is 76.2. The molecule has 1 fully saturated rings. The van der Waals surface area contributed by atoms with Gasteiger partial charge in [0.05, 0.1) is 25.4 Å². The number of amides is 1. The number of rotatable bonds is 62. The van der Waals surface area contributed by atoms with Crippen LogP contribution < -0.4 is 5.32 Å². The molecule has 80 heavy (non-hydrogen) atoms. The highest BCUT2D eigenvalue weighted by molar-refractivity contribution is 5.80. The quantitative estimate of drug-likeness (QED) is 0.0215. The molecule has 0 aromatic rings. The fourth-order valence-corrected chi connectivity index (χ4v) is 11.7. The molecular weight excluding hydrogens is 1000 g/mol. The van der Waals surface area contributed by atoms with E-state index in [0.29, 0.717) is 12.8 Å². The van der Waals surface area contributed by atoms with E-state index in [1.54, 1.807) is 0 Å². The van der Waals surface area contributed by atoms with Crippen LogP contribution in [0.25, 0.3) is 0 Å². The van der Waals surface area contributed by atoms with Crippen molar-refractivity contribution in [2.45, 2.75) is 409 Å². The Morgan fingerprint density at radius 1 is 0.425 bits per heavy atom. The molecular formula is C69H135NO10. The number of carbonyl (C=O) groups is 1. The molecule has 0 saturated carbocycles. The lowest BCUT2D eigenvalue weighted by molar-refractivity contribution is -0.303. The highest BCUT2D eigenvalue weighted by Gasteiger charge is 2.44. The summed E-state index contributed by atoms with van der Waals surface area (Å²) in [5.41, 5.74) is 0. The van der Waals surface area contributed by atoms with Crippen LogP contribution in [0.4, 0.5) is 0 Å². The molecule has 9 unspecified atom stereocenters. The molecule has 11 heteroatoms. The van der Waals surface area contributed by atoms with Crippen molar-refractivity contribution in [2.24, 2.45) is 0 Å². The summed E-state index contributed by atoms with van der Waals surface area (Å²) in [5.74, 6) is -0.699. The van der Waals surface area contributed by atoms with Crippen molar-refractivity contribution in [1.29, 1.82) is 0 Å². The third-order valence-electron chi connectivity index (χ3n) is 17.3. The second kappa shape index (κ2) is 58.2. The monoisotopic (exact) mass is 1140 g/mol. The van der Waals surface area contributed by atoms with Crippen LogP contribution in [-0.2, 0) is 14.3 Å². The van der Waals surface area contributed by atoms with Crippen molar-refractivity contribution in [3.8, 4) is 0 Å². The van der Waals surface area contributed by atoms with E-state index in [0.717, 1.165) is 38.5 Å². The van der Waals surface area contributed by atoms with Crippen LogP contribution in [0.5, 0.6) is 0 Å². The van der Waals surface area contributed by atoms with Crippen molar-refractivity contribution in [3.05, 3.63) is 12.2 Å². The molecule has 0 aliphatic carbocycles. The molecule has 1 rings (SSSR count). The molecule has 0 radical (unpaired) electrons. The summed E-state index contributed by atoms with van der Waals surface area (Å²) in [7, 11) is 0. The first-order chi connectivity index (χ1) is 39.2. The molecule has 476 valence electrons. The highest BCUT2D eigenvalue weighted by Crippen LogP contribution is 2.24. The number of aliphatic hydroxyl groups is 7. The maximum atomic E-state index is 13.2. The zero-order valence-corrected chi connectivity index (χ0v) is 52.6. The van der Waals surface area contributed by atoms with Crippen molar-refractivity contribution in [3.63, 3.8) is 0 Å². The SMILES string of the molecule is CCCCCCCCCCCC/C=C/CCCC(O)C(O)C(COC1OC(CO)C(O)C(O)C1O)NC(=O)C(O)CCCCCCCCCCCCCCCCCCCCCCCCCCCCCCCCCCCCCCCC. The Hall–Kier alpha value is -1.15. The molecule has 11 nitrogen and oxygen atoms in total. The predicted octanol–water partition coefficient (Wildman–Crippen LogP) is 16.6. The minimum Gasteiger partial charge on any atom is -0.394 e. The zero-order valence-electron chi connectivity index (χ0n) is 52.6. The van der Waals surface area contributed by atoms with E-state index in [2.05, 4.69) is 31.3 Å². The first-order valence-corrected chi connectivity index (χ1v) is 35.1. The molecule has 1 saturated heterocycles. The lowest BCUT2D eigenvalue weighted by Crippen LogP contribution is -2.60. The van der Waals surface area contributed by atoms with Crippen LogP contribution in [0.15, 0.2) is 12.2 Å². The van der Waals surface area contributed by atoms with Gasteiger partial charge in [0.2, 0.25) is 5.91 Å². The second-order valence-electron chi connectivity index (χ2n) is 25.0. The summed E-state index contributed by atoms with van der Waals surface area (Å²) in [6.07, 6.45) is 60.4. The van der Waals surface area contributed by atoms with Crippen molar-refractivity contribution in [2.75, 3.05) is 13.2 Å². The zero-order chi connectivity index (χ0) is 58.2. The number of hydrogen-bond acceptors (Lipinski definition) is 10. The van der Waals surface area contributed by atoms with Gasteiger partial charge in [-0.3, -0.25) is 4.79 Å². The molecule has 1 heterocycles. The molecule has 1 aliphatic heterocycles. The van der Waals surface area contributed by atoms with Gasteiger partial charge >= 0.3 is 0 Å². The lowest BCUT2D eigenvalue weighted by Gasteiger charge is -2.40. The van der Waals surface area contributed by atoms with Crippen LogP contribution in [0, 0.1) is 0 Å². The largest absolute Gasteiger partial charge is 0.394 e. The maximum Gasteiger partial charge on any atom is 0.249 e. The van der Waals surface area contributed by atoms with Crippen molar-refractivity contribution >= 4 is 5.91 Å². The second-order valence-corrected chi connectivity index (χ2v) is 25.0. The predicted molar refractivity (Wildman–Crippen MR) is 335 cm³/mol. The van der Waals surface area contributed by atoms with E-state index < -0.39 is 74.2 Å². The number of ether oxygens (including phenoxy) is 2. The number of aliphatic hydroxyl groups excluding tert-OH is 7. The standard InChI is InChI=1S/C69H135NO10/c1-3-5-7-9-11-13-15-17-19-20-21-22-23-24-25-26-27-28-29-30-31-32-33-34-35-36-37-38-39-40-41-43-45-47-49-51-53-55-57-62(73)68(78)70-60(59-79-69-67(77)66(76)65(75)63(58-71)80-69)64(74)61(72)56-54-52-50-48-46-44-42-18-16-14-12-10-8-6-4-2/h48,50,60-67,69,71-77H,3-47,49,51-59H2,1-2H3,(H,70,78)/b50-48+. The lowest BCUT2D eigenvalue weighted by atomic mass is 9.98. The van der Waals surface area contributed by atoms with Gasteiger partial charge in [0.25, 0.3) is 0 Å². The molecule has 9 atom stereocenters. The average Bonchev–Trinajstić information content (AvgIpc) is 3.48. The minimum atomic E-state index is -1.67. The minimum absolute atomic E-state index is 0.260. The van der Waals surface area contributed by atoms with Crippen LogP contribution in [0.1, 0.15) is 354 Å².